The van der Waals surface area contributed by atoms with E-state index in [0.29, 0.717) is 0 Å². The first kappa shape index (κ1) is 23.5. The van der Waals surface area contributed by atoms with Gasteiger partial charge in [0.2, 0.25) is 15.9 Å². The smallest absolute Gasteiger partial charge is 0.324 e. The molecule has 10 nitrogen and oxygen atoms in total. The van der Waals surface area contributed by atoms with Crippen molar-refractivity contribution < 1.29 is 27.7 Å². The molecule has 0 radical (unpaired) electrons. The highest BCUT2D eigenvalue weighted by atomic mass is 35.5. The van der Waals surface area contributed by atoms with Gasteiger partial charge in [-0.1, -0.05) is 23.2 Å². The summed E-state index contributed by atoms with van der Waals surface area (Å²) in [5.41, 5.74) is 4.54. The molecule has 0 fully saturated rings. The lowest BCUT2D eigenvalue weighted by molar-refractivity contribution is -0.385. The van der Waals surface area contributed by atoms with Crippen LogP contribution in [0.5, 0.6) is 0 Å². The summed E-state index contributed by atoms with van der Waals surface area (Å²) in [6.45, 7) is 0.717. The number of primary amides is 1. The van der Waals surface area contributed by atoms with Crippen LogP contribution < -0.4 is 10.5 Å². The minimum atomic E-state index is -4.12. The predicted octanol–water partition coefficient (Wildman–Crippen LogP) is 2.41. The molecule has 0 spiro atoms. The maximum Gasteiger partial charge on any atom is 0.324 e. The van der Waals surface area contributed by atoms with E-state index in [4.69, 9.17) is 33.7 Å². The number of nitrogens with one attached hydrogen (secondary N) is 1. The number of halogens is 2. The fourth-order valence-electron chi connectivity index (χ4n) is 2.28. The summed E-state index contributed by atoms with van der Waals surface area (Å²) < 4.78 is 31.8. The molecule has 1 atom stereocenters. The molecule has 0 heterocycles. The average Bonchev–Trinajstić information content (AvgIpc) is 2.67. The Morgan fingerprint density at radius 1 is 1.20 bits per heavy atom. The van der Waals surface area contributed by atoms with Crippen LogP contribution in [-0.4, -0.2) is 31.3 Å². The molecule has 2 aromatic rings. The molecule has 0 aliphatic rings. The second kappa shape index (κ2) is 9.39. The zero-order valence-electron chi connectivity index (χ0n) is 15.3. The standard InChI is InChI=1S/C17H15Cl2N3O7S/c1-9(21-30(27,28)12-4-5-13(18)14(19)7-12)17(24)29-8-11-3-2-10(16(20)23)6-15(11)22(25)26/h2-7,9,21H,8H2,1H3,(H2,20,23)/t9-/m0/s1. The first-order chi connectivity index (χ1) is 13.9. The molecule has 2 aromatic carbocycles. The number of amides is 1. The number of rotatable bonds is 8. The molecule has 3 N–H and O–H groups in total. The number of carbonyl (C=O) groups excluding carboxylic acids is 2. The summed E-state index contributed by atoms with van der Waals surface area (Å²) in [4.78, 5) is 33.5. The van der Waals surface area contributed by atoms with Crippen molar-refractivity contribution in [3.8, 4) is 0 Å². The normalized spacial score (nSPS) is 12.2. The molecule has 0 saturated heterocycles. The molecule has 0 bridgehead atoms. The fourth-order valence-corrected chi connectivity index (χ4v) is 3.86. The van der Waals surface area contributed by atoms with Crippen LogP contribution in [0.15, 0.2) is 41.3 Å². The van der Waals surface area contributed by atoms with E-state index in [1.807, 2.05) is 0 Å². The van der Waals surface area contributed by atoms with Crippen molar-refractivity contribution in [1.29, 1.82) is 0 Å². The van der Waals surface area contributed by atoms with Crippen molar-refractivity contribution in [2.24, 2.45) is 5.73 Å². The SMILES string of the molecule is C[C@H](NS(=O)(=O)c1ccc(Cl)c(Cl)c1)C(=O)OCc1ccc(C(N)=O)cc1[N+](=O)[O-]. The minimum absolute atomic E-state index is 0.00195. The Hall–Kier alpha value is -2.73. The Morgan fingerprint density at radius 3 is 2.43 bits per heavy atom. The highest BCUT2D eigenvalue weighted by Crippen LogP contribution is 2.25. The van der Waals surface area contributed by atoms with Crippen LogP contribution in [0.3, 0.4) is 0 Å². The number of hydrogen-bond donors (Lipinski definition) is 2. The zero-order valence-corrected chi connectivity index (χ0v) is 17.6. The quantitative estimate of drug-likeness (QED) is 0.336. The number of nitro groups is 1. The lowest BCUT2D eigenvalue weighted by Gasteiger charge is -2.14. The Morgan fingerprint density at radius 2 is 1.87 bits per heavy atom. The molecular formula is C17H15Cl2N3O7S. The molecule has 0 aromatic heterocycles. The Labute approximate surface area is 181 Å². The number of nitrogens with two attached hydrogens (primary N) is 1. The van der Waals surface area contributed by atoms with E-state index in [1.54, 1.807) is 0 Å². The van der Waals surface area contributed by atoms with Gasteiger partial charge < -0.3 is 10.5 Å². The van der Waals surface area contributed by atoms with E-state index in [1.165, 1.54) is 31.2 Å². The average molecular weight is 476 g/mol. The molecule has 30 heavy (non-hydrogen) atoms. The van der Waals surface area contributed by atoms with Gasteiger partial charge in [-0.2, -0.15) is 4.72 Å². The fraction of sp³-hybridized carbons (Fsp3) is 0.176. The van der Waals surface area contributed by atoms with E-state index in [-0.39, 0.29) is 26.1 Å². The van der Waals surface area contributed by atoms with E-state index in [9.17, 15) is 28.1 Å². The van der Waals surface area contributed by atoms with Gasteiger partial charge >= 0.3 is 5.97 Å². The Balaban J connectivity index is 2.10. The minimum Gasteiger partial charge on any atom is -0.459 e. The van der Waals surface area contributed by atoms with Crippen LogP contribution in [0.1, 0.15) is 22.8 Å². The zero-order chi connectivity index (χ0) is 22.6. The molecule has 160 valence electrons. The lowest BCUT2D eigenvalue weighted by atomic mass is 10.1. The van der Waals surface area contributed by atoms with Gasteiger partial charge in [0, 0.05) is 11.6 Å². The van der Waals surface area contributed by atoms with Gasteiger partial charge in [-0.3, -0.25) is 19.7 Å². The molecular weight excluding hydrogens is 461 g/mol. The molecule has 0 aliphatic heterocycles. The van der Waals surface area contributed by atoms with Crippen molar-refractivity contribution in [2.45, 2.75) is 24.5 Å². The topological polar surface area (TPSA) is 159 Å². The van der Waals surface area contributed by atoms with Gasteiger partial charge in [-0.15, -0.1) is 0 Å². The van der Waals surface area contributed by atoms with E-state index in [2.05, 4.69) is 4.72 Å². The van der Waals surface area contributed by atoms with Crippen molar-refractivity contribution in [3.05, 3.63) is 67.7 Å². The van der Waals surface area contributed by atoms with Crippen LogP contribution in [0.25, 0.3) is 0 Å². The summed E-state index contributed by atoms with van der Waals surface area (Å²) in [6.07, 6.45) is 0. The van der Waals surface area contributed by atoms with E-state index >= 15 is 0 Å². The molecule has 1 amide bonds. The second-order valence-corrected chi connectivity index (χ2v) is 8.52. The number of esters is 1. The van der Waals surface area contributed by atoms with E-state index in [0.717, 1.165) is 12.1 Å². The number of sulfonamides is 1. The van der Waals surface area contributed by atoms with Crippen LogP contribution in [0, 0.1) is 10.1 Å². The highest BCUT2D eigenvalue weighted by molar-refractivity contribution is 7.89. The molecule has 0 unspecified atom stereocenters. The molecule has 13 heteroatoms. The number of nitro benzene ring substituents is 1. The molecule has 0 saturated carbocycles. The van der Waals surface area contributed by atoms with Gasteiger partial charge in [-0.05, 0) is 37.3 Å². The third-order valence-corrected chi connectivity index (χ3v) is 6.10. The van der Waals surface area contributed by atoms with Gasteiger partial charge in [0.25, 0.3) is 5.69 Å². The van der Waals surface area contributed by atoms with Gasteiger partial charge in [0.05, 0.1) is 25.4 Å². The second-order valence-electron chi connectivity index (χ2n) is 5.99. The van der Waals surface area contributed by atoms with Crippen molar-refractivity contribution >= 4 is 50.8 Å². The van der Waals surface area contributed by atoms with Crippen LogP contribution >= 0.6 is 23.2 Å². The molecule has 0 aliphatic carbocycles. The summed E-state index contributed by atoms with van der Waals surface area (Å²) in [6, 6.07) is 5.73. The molecule has 2 rings (SSSR count). The monoisotopic (exact) mass is 475 g/mol. The third-order valence-electron chi connectivity index (χ3n) is 3.82. The van der Waals surface area contributed by atoms with Crippen molar-refractivity contribution in [3.63, 3.8) is 0 Å². The number of hydrogen-bond acceptors (Lipinski definition) is 7. The summed E-state index contributed by atoms with van der Waals surface area (Å²) in [7, 11) is -4.12. The van der Waals surface area contributed by atoms with Crippen molar-refractivity contribution in [1.82, 2.24) is 4.72 Å². The number of carbonyl (C=O) groups is 2. The number of benzene rings is 2. The van der Waals surface area contributed by atoms with Crippen LogP contribution in [0.2, 0.25) is 10.0 Å². The van der Waals surface area contributed by atoms with Gasteiger partial charge in [0.1, 0.15) is 12.6 Å². The number of ether oxygens (including phenoxy) is 1. The van der Waals surface area contributed by atoms with Gasteiger partial charge in [-0.25, -0.2) is 8.42 Å². The first-order valence-electron chi connectivity index (χ1n) is 8.13. The largest absolute Gasteiger partial charge is 0.459 e. The maximum atomic E-state index is 12.4. The summed E-state index contributed by atoms with van der Waals surface area (Å²) in [5, 5.41) is 11.3. The van der Waals surface area contributed by atoms with E-state index < -0.39 is 45.2 Å². The predicted molar refractivity (Wildman–Crippen MR) is 108 cm³/mol. The Kier molecular flexibility index (Phi) is 7.37. The number of nitrogens with zero attached hydrogens (tertiary/aromatic N) is 1. The summed E-state index contributed by atoms with van der Waals surface area (Å²) in [5.74, 6) is -1.83. The summed E-state index contributed by atoms with van der Waals surface area (Å²) >= 11 is 11.6. The highest BCUT2D eigenvalue weighted by Gasteiger charge is 2.25. The van der Waals surface area contributed by atoms with Gasteiger partial charge in [0.15, 0.2) is 0 Å². The Bertz CT molecular complexity index is 1120. The van der Waals surface area contributed by atoms with Crippen molar-refractivity contribution in [2.75, 3.05) is 0 Å². The lowest BCUT2D eigenvalue weighted by Crippen LogP contribution is -2.39. The first-order valence-corrected chi connectivity index (χ1v) is 10.4. The van der Waals surface area contributed by atoms with Crippen LogP contribution in [0.4, 0.5) is 5.69 Å². The maximum absolute atomic E-state index is 12.4. The third kappa shape index (κ3) is 5.66. The van der Waals surface area contributed by atoms with Crippen LogP contribution in [-0.2, 0) is 26.2 Å².